The fourth-order valence-electron chi connectivity index (χ4n) is 1.89. The van der Waals surface area contributed by atoms with E-state index in [9.17, 15) is 14.4 Å². The molecule has 27 heavy (non-hydrogen) atoms. The van der Waals surface area contributed by atoms with Gasteiger partial charge in [-0.25, -0.2) is 19.4 Å². The van der Waals surface area contributed by atoms with Crippen molar-refractivity contribution in [2.45, 2.75) is 0 Å². The van der Waals surface area contributed by atoms with Crippen LogP contribution >= 0.6 is 11.6 Å². The van der Waals surface area contributed by atoms with Gasteiger partial charge in [0.1, 0.15) is 0 Å². The van der Waals surface area contributed by atoms with Gasteiger partial charge in [-0.3, -0.25) is 4.79 Å². The standard InChI is InChI=1S/C14H10O4.C7H5ClO/c15-13(11-7-3-1-4-8-11)17-18-14(16)12-9-5-2-6-10-12;8-7(9)6-4-2-1-3-5-6/h1-10H;1-5H. The zero-order valence-electron chi connectivity index (χ0n) is 14.1. The molecular formula is C21H15ClO5. The summed E-state index contributed by atoms with van der Waals surface area (Å²) in [6.07, 6.45) is 0. The van der Waals surface area contributed by atoms with Gasteiger partial charge in [0.25, 0.3) is 5.24 Å². The van der Waals surface area contributed by atoms with Crippen LogP contribution in [0.25, 0.3) is 0 Å². The van der Waals surface area contributed by atoms with E-state index in [0.717, 1.165) is 0 Å². The van der Waals surface area contributed by atoms with Crippen LogP contribution in [0.15, 0.2) is 91.0 Å². The Bertz CT molecular complexity index is 829. The molecule has 0 N–H and O–H groups in total. The van der Waals surface area contributed by atoms with Crippen LogP contribution in [0.4, 0.5) is 0 Å². The highest BCUT2D eigenvalue weighted by atomic mass is 35.5. The summed E-state index contributed by atoms with van der Waals surface area (Å²) in [5.41, 5.74) is 1.18. The Kier molecular flexibility index (Phi) is 7.75. The van der Waals surface area contributed by atoms with Crippen LogP contribution in [-0.4, -0.2) is 17.2 Å². The SMILES string of the molecule is O=C(Cl)c1ccccc1.O=C(OOC(=O)c1ccccc1)c1ccccc1. The average molecular weight is 383 g/mol. The smallest absolute Gasteiger partial charge is 0.276 e. The van der Waals surface area contributed by atoms with Gasteiger partial charge in [0.15, 0.2) is 0 Å². The maximum Gasteiger partial charge on any atom is 0.386 e. The van der Waals surface area contributed by atoms with Crippen molar-refractivity contribution in [3.63, 3.8) is 0 Å². The number of carbonyl (C=O) groups is 3. The lowest BCUT2D eigenvalue weighted by Gasteiger charge is -2.02. The number of carbonyl (C=O) groups excluding carboxylic acids is 3. The summed E-state index contributed by atoms with van der Waals surface area (Å²) in [6.45, 7) is 0. The molecule has 0 unspecified atom stereocenters. The third-order valence-corrected chi connectivity index (χ3v) is 3.43. The van der Waals surface area contributed by atoms with Gasteiger partial charge in [-0.15, -0.1) is 0 Å². The molecular weight excluding hydrogens is 368 g/mol. The molecule has 0 atom stereocenters. The first-order chi connectivity index (χ1) is 13.1. The van der Waals surface area contributed by atoms with Gasteiger partial charge in [0.05, 0.1) is 11.1 Å². The summed E-state index contributed by atoms with van der Waals surface area (Å²) < 4.78 is 0. The zero-order chi connectivity index (χ0) is 19.5. The van der Waals surface area contributed by atoms with Gasteiger partial charge < -0.3 is 0 Å². The fraction of sp³-hybridized carbons (Fsp3) is 0. The predicted octanol–water partition coefficient (Wildman–Crippen LogP) is 4.68. The summed E-state index contributed by atoms with van der Waals surface area (Å²) in [5.74, 6) is -1.42. The molecule has 0 aliphatic heterocycles. The van der Waals surface area contributed by atoms with Crippen molar-refractivity contribution in [3.05, 3.63) is 108 Å². The van der Waals surface area contributed by atoms with Crippen molar-refractivity contribution in [1.29, 1.82) is 0 Å². The van der Waals surface area contributed by atoms with Crippen molar-refractivity contribution in [1.82, 2.24) is 0 Å². The van der Waals surface area contributed by atoms with E-state index in [4.69, 9.17) is 11.6 Å². The number of halogens is 1. The predicted molar refractivity (Wildman–Crippen MR) is 100 cm³/mol. The zero-order valence-corrected chi connectivity index (χ0v) is 14.8. The van der Waals surface area contributed by atoms with E-state index in [0.29, 0.717) is 16.7 Å². The molecule has 0 heterocycles. The van der Waals surface area contributed by atoms with Crippen molar-refractivity contribution in [3.8, 4) is 0 Å². The minimum absolute atomic E-state index is 0.318. The minimum Gasteiger partial charge on any atom is -0.276 e. The number of rotatable bonds is 3. The van der Waals surface area contributed by atoms with Crippen LogP contribution in [0.5, 0.6) is 0 Å². The molecule has 0 amide bonds. The van der Waals surface area contributed by atoms with E-state index in [1.165, 1.54) is 0 Å². The van der Waals surface area contributed by atoms with Crippen LogP contribution in [-0.2, 0) is 9.78 Å². The van der Waals surface area contributed by atoms with Gasteiger partial charge >= 0.3 is 11.9 Å². The van der Waals surface area contributed by atoms with E-state index in [1.807, 2.05) is 6.07 Å². The third kappa shape index (κ3) is 6.76. The molecule has 0 saturated carbocycles. The summed E-state index contributed by atoms with van der Waals surface area (Å²) in [7, 11) is 0. The van der Waals surface area contributed by atoms with E-state index in [2.05, 4.69) is 9.78 Å². The Morgan fingerprint density at radius 1 is 0.519 bits per heavy atom. The topological polar surface area (TPSA) is 69.7 Å². The molecule has 0 fully saturated rings. The number of benzene rings is 3. The second-order valence-corrected chi connectivity index (χ2v) is 5.46. The molecule has 0 aromatic heterocycles. The molecule has 3 aromatic rings. The maximum absolute atomic E-state index is 11.5. The van der Waals surface area contributed by atoms with Crippen molar-refractivity contribution in [2.75, 3.05) is 0 Å². The Balaban J connectivity index is 0.000000244. The first-order valence-corrected chi connectivity index (χ1v) is 8.24. The number of hydrogen-bond donors (Lipinski definition) is 0. The van der Waals surface area contributed by atoms with Crippen LogP contribution in [0, 0.1) is 0 Å². The first kappa shape index (κ1) is 19.9. The summed E-state index contributed by atoms with van der Waals surface area (Å²) in [6, 6.07) is 25.3. The molecule has 0 aliphatic carbocycles. The minimum atomic E-state index is -0.708. The van der Waals surface area contributed by atoms with Gasteiger partial charge in [0, 0.05) is 5.56 Å². The van der Waals surface area contributed by atoms with Crippen LogP contribution in [0.2, 0.25) is 0 Å². The lowest BCUT2D eigenvalue weighted by Crippen LogP contribution is -2.11. The second kappa shape index (κ2) is 10.5. The number of hydrogen-bond acceptors (Lipinski definition) is 5. The summed E-state index contributed by atoms with van der Waals surface area (Å²) in [4.78, 5) is 42.3. The molecule has 0 saturated heterocycles. The lowest BCUT2D eigenvalue weighted by atomic mass is 10.2. The van der Waals surface area contributed by atoms with E-state index in [-0.39, 0.29) is 0 Å². The highest BCUT2D eigenvalue weighted by Gasteiger charge is 2.13. The molecule has 5 nitrogen and oxygen atoms in total. The Hall–Kier alpha value is -3.44. The average Bonchev–Trinajstić information content (AvgIpc) is 2.74. The van der Waals surface area contributed by atoms with Gasteiger partial charge in [-0.05, 0) is 35.9 Å². The Labute approximate surface area is 161 Å². The van der Waals surface area contributed by atoms with Gasteiger partial charge in [0.2, 0.25) is 0 Å². The molecule has 0 aliphatic rings. The van der Waals surface area contributed by atoms with Crippen LogP contribution in [0.3, 0.4) is 0 Å². The van der Waals surface area contributed by atoms with E-state index in [1.54, 1.807) is 84.9 Å². The molecule has 0 bridgehead atoms. The maximum atomic E-state index is 11.5. The molecule has 0 radical (unpaired) electrons. The quantitative estimate of drug-likeness (QED) is 0.373. The van der Waals surface area contributed by atoms with E-state index < -0.39 is 17.2 Å². The Morgan fingerprint density at radius 3 is 1.07 bits per heavy atom. The first-order valence-electron chi connectivity index (χ1n) is 7.86. The van der Waals surface area contributed by atoms with E-state index >= 15 is 0 Å². The molecule has 3 aromatic carbocycles. The molecule has 3 rings (SSSR count). The van der Waals surface area contributed by atoms with Crippen LogP contribution < -0.4 is 0 Å². The lowest BCUT2D eigenvalue weighted by molar-refractivity contribution is -0.187. The summed E-state index contributed by atoms with van der Waals surface area (Å²) in [5, 5.41) is -0.407. The highest BCUT2D eigenvalue weighted by molar-refractivity contribution is 6.67. The second-order valence-electron chi connectivity index (χ2n) is 5.11. The Morgan fingerprint density at radius 2 is 0.815 bits per heavy atom. The summed E-state index contributed by atoms with van der Waals surface area (Å²) >= 11 is 5.16. The van der Waals surface area contributed by atoms with Crippen molar-refractivity contribution >= 4 is 28.8 Å². The van der Waals surface area contributed by atoms with Gasteiger partial charge in [-0.1, -0.05) is 66.7 Å². The molecule has 136 valence electrons. The van der Waals surface area contributed by atoms with Crippen molar-refractivity contribution < 1.29 is 24.2 Å². The fourth-order valence-corrected chi connectivity index (χ4v) is 2.02. The van der Waals surface area contributed by atoms with Crippen molar-refractivity contribution in [2.24, 2.45) is 0 Å². The monoisotopic (exact) mass is 382 g/mol. The van der Waals surface area contributed by atoms with Gasteiger partial charge in [-0.2, -0.15) is 0 Å². The third-order valence-electron chi connectivity index (χ3n) is 3.21. The normalized spacial score (nSPS) is 9.37. The largest absolute Gasteiger partial charge is 0.386 e. The molecule has 0 spiro atoms. The highest BCUT2D eigenvalue weighted by Crippen LogP contribution is 2.05. The van der Waals surface area contributed by atoms with Crippen LogP contribution in [0.1, 0.15) is 31.1 Å². The molecule has 6 heteroatoms.